The van der Waals surface area contributed by atoms with Crippen molar-refractivity contribution in [3.8, 4) is 5.75 Å². The van der Waals surface area contributed by atoms with Crippen LogP contribution in [0.4, 0.5) is 0 Å². The third-order valence-electron chi connectivity index (χ3n) is 2.64. The van der Waals surface area contributed by atoms with Crippen molar-refractivity contribution >= 4 is 34.7 Å². The number of rotatable bonds is 5. The van der Waals surface area contributed by atoms with E-state index in [9.17, 15) is 4.79 Å². The Hall–Kier alpha value is -1.89. The molecule has 0 aromatic heterocycles. The van der Waals surface area contributed by atoms with Crippen LogP contribution in [0.5, 0.6) is 5.75 Å². The molecular formula is C16H15IN2O2. The van der Waals surface area contributed by atoms with Crippen molar-refractivity contribution in [2.75, 3.05) is 6.61 Å². The second-order valence-corrected chi connectivity index (χ2v) is 5.70. The second kappa shape index (κ2) is 7.78. The average molecular weight is 394 g/mol. The number of nitrogens with zero attached hydrogens (tertiary/aromatic N) is 1. The second-order valence-electron chi connectivity index (χ2n) is 4.45. The van der Waals surface area contributed by atoms with Crippen LogP contribution in [-0.4, -0.2) is 18.7 Å². The SMILES string of the molecule is Cc1ccc(OCC(=O)N/N=C/c2cccc(I)c2)cc1. The lowest BCUT2D eigenvalue weighted by Crippen LogP contribution is -2.24. The molecule has 0 radical (unpaired) electrons. The number of carbonyl (C=O) groups is 1. The number of hydrogen-bond acceptors (Lipinski definition) is 3. The molecule has 0 spiro atoms. The van der Waals surface area contributed by atoms with Gasteiger partial charge in [0, 0.05) is 3.57 Å². The molecule has 0 unspecified atom stereocenters. The number of aryl methyl sites for hydroxylation is 1. The normalized spacial score (nSPS) is 10.6. The van der Waals surface area contributed by atoms with Gasteiger partial charge in [0.15, 0.2) is 6.61 Å². The van der Waals surface area contributed by atoms with E-state index in [1.54, 1.807) is 6.21 Å². The zero-order valence-corrected chi connectivity index (χ0v) is 13.7. The van der Waals surface area contributed by atoms with Gasteiger partial charge in [0.1, 0.15) is 5.75 Å². The summed E-state index contributed by atoms with van der Waals surface area (Å²) in [7, 11) is 0. The molecule has 2 aromatic carbocycles. The molecule has 21 heavy (non-hydrogen) atoms. The smallest absolute Gasteiger partial charge is 0.277 e. The minimum Gasteiger partial charge on any atom is -0.484 e. The fourth-order valence-electron chi connectivity index (χ4n) is 1.58. The van der Waals surface area contributed by atoms with E-state index in [0.717, 1.165) is 14.7 Å². The summed E-state index contributed by atoms with van der Waals surface area (Å²) in [5, 5.41) is 3.90. The molecule has 2 rings (SSSR count). The minimum absolute atomic E-state index is 0.0628. The van der Waals surface area contributed by atoms with Crippen LogP contribution in [0.2, 0.25) is 0 Å². The van der Waals surface area contributed by atoms with Gasteiger partial charge in [0.25, 0.3) is 5.91 Å². The van der Waals surface area contributed by atoms with E-state index in [1.165, 1.54) is 0 Å². The van der Waals surface area contributed by atoms with Crippen molar-refractivity contribution in [1.82, 2.24) is 5.43 Å². The quantitative estimate of drug-likeness (QED) is 0.481. The molecule has 0 heterocycles. The zero-order valence-electron chi connectivity index (χ0n) is 11.5. The van der Waals surface area contributed by atoms with Gasteiger partial charge in [-0.15, -0.1) is 0 Å². The van der Waals surface area contributed by atoms with Crippen LogP contribution in [-0.2, 0) is 4.79 Å². The van der Waals surface area contributed by atoms with E-state index in [1.807, 2.05) is 55.5 Å². The largest absolute Gasteiger partial charge is 0.484 e. The number of ether oxygens (including phenoxy) is 1. The molecule has 1 N–H and O–H groups in total. The van der Waals surface area contributed by atoms with Gasteiger partial charge in [-0.1, -0.05) is 29.8 Å². The predicted octanol–water partition coefficient (Wildman–Crippen LogP) is 3.13. The molecule has 4 nitrogen and oxygen atoms in total. The fraction of sp³-hybridized carbons (Fsp3) is 0.125. The first-order valence-corrected chi connectivity index (χ1v) is 7.48. The number of hydrazone groups is 1. The molecule has 0 saturated carbocycles. The van der Waals surface area contributed by atoms with E-state index in [0.29, 0.717) is 5.75 Å². The van der Waals surface area contributed by atoms with Crippen LogP contribution in [0, 0.1) is 10.5 Å². The van der Waals surface area contributed by atoms with Crippen molar-refractivity contribution in [3.63, 3.8) is 0 Å². The zero-order chi connectivity index (χ0) is 15.1. The lowest BCUT2D eigenvalue weighted by molar-refractivity contribution is -0.123. The van der Waals surface area contributed by atoms with Crippen LogP contribution in [0.3, 0.4) is 0 Å². The molecular weight excluding hydrogens is 379 g/mol. The Bertz CT molecular complexity index is 639. The number of nitrogens with one attached hydrogen (secondary N) is 1. The van der Waals surface area contributed by atoms with Crippen molar-refractivity contribution in [2.24, 2.45) is 5.10 Å². The summed E-state index contributed by atoms with van der Waals surface area (Å²) in [5.74, 6) is 0.370. The Kier molecular flexibility index (Phi) is 5.74. The summed E-state index contributed by atoms with van der Waals surface area (Å²) in [4.78, 5) is 11.6. The topological polar surface area (TPSA) is 50.7 Å². The Balaban J connectivity index is 1.78. The molecule has 1 amide bonds. The highest BCUT2D eigenvalue weighted by Gasteiger charge is 2.01. The summed E-state index contributed by atoms with van der Waals surface area (Å²) < 4.78 is 6.47. The Morgan fingerprint density at radius 1 is 1.29 bits per heavy atom. The molecule has 0 aliphatic heterocycles. The molecule has 0 aliphatic rings. The first-order chi connectivity index (χ1) is 10.1. The van der Waals surface area contributed by atoms with E-state index >= 15 is 0 Å². The highest BCUT2D eigenvalue weighted by atomic mass is 127. The number of hydrogen-bond donors (Lipinski definition) is 1. The highest BCUT2D eigenvalue weighted by Crippen LogP contribution is 2.10. The Morgan fingerprint density at radius 3 is 2.76 bits per heavy atom. The predicted molar refractivity (Wildman–Crippen MR) is 91.6 cm³/mol. The average Bonchev–Trinajstić information content (AvgIpc) is 2.47. The van der Waals surface area contributed by atoms with E-state index in [4.69, 9.17) is 4.74 Å². The van der Waals surface area contributed by atoms with Gasteiger partial charge >= 0.3 is 0 Å². The van der Waals surface area contributed by atoms with Crippen LogP contribution < -0.4 is 10.2 Å². The number of amides is 1. The summed E-state index contributed by atoms with van der Waals surface area (Å²) >= 11 is 2.22. The van der Waals surface area contributed by atoms with E-state index in [-0.39, 0.29) is 12.5 Å². The van der Waals surface area contributed by atoms with Gasteiger partial charge in [-0.05, 0) is 59.3 Å². The van der Waals surface area contributed by atoms with Gasteiger partial charge in [-0.2, -0.15) is 5.10 Å². The maximum Gasteiger partial charge on any atom is 0.277 e. The van der Waals surface area contributed by atoms with Crippen LogP contribution in [0.25, 0.3) is 0 Å². The first-order valence-electron chi connectivity index (χ1n) is 6.40. The lowest BCUT2D eigenvalue weighted by Gasteiger charge is -2.05. The number of carbonyl (C=O) groups excluding carboxylic acids is 1. The molecule has 108 valence electrons. The third kappa shape index (κ3) is 5.55. The van der Waals surface area contributed by atoms with Gasteiger partial charge in [-0.25, -0.2) is 5.43 Å². The van der Waals surface area contributed by atoms with Crippen molar-refractivity contribution in [3.05, 3.63) is 63.2 Å². The standard InChI is InChI=1S/C16H15IN2O2/c1-12-5-7-15(8-6-12)21-11-16(20)19-18-10-13-3-2-4-14(17)9-13/h2-10H,11H2,1H3,(H,19,20)/b18-10+. The fourth-order valence-corrected chi connectivity index (χ4v) is 2.15. The summed E-state index contributed by atoms with van der Waals surface area (Å²) in [6.07, 6.45) is 1.60. The van der Waals surface area contributed by atoms with Gasteiger partial charge < -0.3 is 4.74 Å². The molecule has 2 aromatic rings. The first kappa shape index (κ1) is 15.5. The molecule has 0 bridgehead atoms. The molecule has 0 atom stereocenters. The van der Waals surface area contributed by atoms with Crippen molar-refractivity contribution < 1.29 is 9.53 Å². The third-order valence-corrected chi connectivity index (χ3v) is 3.31. The maximum absolute atomic E-state index is 11.6. The summed E-state index contributed by atoms with van der Waals surface area (Å²) in [5.41, 5.74) is 4.51. The number of benzene rings is 2. The maximum atomic E-state index is 11.6. The molecule has 0 fully saturated rings. The van der Waals surface area contributed by atoms with Crippen molar-refractivity contribution in [2.45, 2.75) is 6.92 Å². The van der Waals surface area contributed by atoms with Gasteiger partial charge in [0.05, 0.1) is 6.21 Å². The van der Waals surface area contributed by atoms with Gasteiger partial charge in [0.2, 0.25) is 0 Å². The molecule has 0 aliphatic carbocycles. The van der Waals surface area contributed by atoms with Crippen LogP contribution in [0.15, 0.2) is 53.6 Å². The molecule has 5 heteroatoms. The lowest BCUT2D eigenvalue weighted by atomic mass is 10.2. The van der Waals surface area contributed by atoms with Gasteiger partial charge in [-0.3, -0.25) is 4.79 Å². The highest BCUT2D eigenvalue weighted by molar-refractivity contribution is 14.1. The molecule has 0 saturated heterocycles. The monoisotopic (exact) mass is 394 g/mol. The van der Waals surface area contributed by atoms with Crippen LogP contribution in [0.1, 0.15) is 11.1 Å². The van der Waals surface area contributed by atoms with Crippen molar-refractivity contribution in [1.29, 1.82) is 0 Å². The summed E-state index contributed by atoms with van der Waals surface area (Å²) in [6, 6.07) is 15.3. The van der Waals surface area contributed by atoms with Crippen LogP contribution >= 0.6 is 22.6 Å². The van der Waals surface area contributed by atoms with E-state index in [2.05, 4.69) is 33.1 Å². The Morgan fingerprint density at radius 2 is 2.05 bits per heavy atom. The summed E-state index contributed by atoms with van der Waals surface area (Å²) in [6.45, 7) is 1.93. The minimum atomic E-state index is -0.294. The Labute approximate surface area is 137 Å². The number of halogens is 1. The van der Waals surface area contributed by atoms with E-state index < -0.39 is 0 Å².